The van der Waals surface area contributed by atoms with Crippen LogP contribution in [0.4, 0.5) is 0 Å². The van der Waals surface area contributed by atoms with Crippen molar-refractivity contribution in [3.8, 4) is 11.1 Å². The molecule has 0 fully saturated rings. The van der Waals surface area contributed by atoms with Crippen LogP contribution < -0.4 is 5.32 Å². The Bertz CT molecular complexity index is 855. The molecule has 2 rings (SSSR count). The molecule has 1 unspecified atom stereocenters. The predicted octanol–water partition coefficient (Wildman–Crippen LogP) is 3.68. The van der Waals surface area contributed by atoms with Crippen molar-refractivity contribution in [3.05, 3.63) is 71.4 Å². The van der Waals surface area contributed by atoms with Crippen LogP contribution in [0.25, 0.3) is 11.1 Å². The Hall–Kier alpha value is -2.92. The number of nitrogens with one attached hydrogen (secondary N) is 1. The molecule has 0 aliphatic heterocycles. The number of hydrogen-bond acceptors (Lipinski definition) is 4. The smallest absolute Gasteiger partial charge is 0.251 e. The van der Waals surface area contributed by atoms with Gasteiger partial charge in [0.2, 0.25) is 0 Å². The first-order valence-corrected chi connectivity index (χ1v) is 9.21. The maximum absolute atomic E-state index is 12.7. The largest absolute Gasteiger partial charge is 0.383 e. The lowest BCUT2D eigenvalue weighted by Crippen LogP contribution is -2.35. The molecule has 1 N–H and O–H groups in total. The molecule has 0 aromatic heterocycles. The quantitative estimate of drug-likeness (QED) is 0.561. The number of amides is 1. The zero-order valence-electron chi connectivity index (χ0n) is 17.2. The van der Waals surface area contributed by atoms with Crippen molar-refractivity contribution in [3.63, 3.8) is 0 Å². The van der Waals surface area contributed by atoms with Crippen molar-refractivity contribution in [2.75, 3.05) is 27.8 Å². The summed E-state index contributed by atoms with van der Waals surface area (Å²) in [6.07, 6.45) is 3.20. The highest BCUT2D eigenvalue weighted by atomic mass is 16.5. The second-order valence-electron chi connectivity index (χ2n) is 7.14. The van der Waals surface area contributed by atoms with Gasteiger partial charge in [-0.1, -0.05) is 29.8 Å². The van der Waals surface area contributed by atoms with Gasteiger partial charge in [-0.25, -0.2) is 0 Å². The Balaban J connectivity index is 2.44. The van der Waals surface area contributed by atoms with E-state index in [9.17, 15) is 9.59 Å². The lowest BCUT2D eigenvalue weighted by atomic mass is 9.97. The maximum atomic E-state index is 12.7. The zero-order chi connectivity index (χ0) is 20.7. The van der Waals surface area contributed by atoms with Gasteiger partial charge in [-0.3, -0.25) is 9.59 Å². The third-order valence-corrected chi connectivity index (χ3v) is 4.18. The van der Waals surface area contributed by atoms with E-state index in [0.717, 1.165) is 16.7 Å². The number of hydrogen-bond donors (Lipinski definition) is 1. The lowest BCUT2D eigenvalue weighted by Gasteiger charge is -2.14. The SMILES string of the molecule is COCC(C)NC(=O)c1cc(C(=O)C=CN(C)C)cc(-c2ccc(C)cc2)c1. The van der Waals surface area contributed by atoms with Crippen molar-refractivity contribution in [1.29, 1.82) is 0 Å². The minimum absolute atomic E-state index is 0.131. The highest BCUT2D eigenvalue weighted by molar-refractivity contribution is 6.07. The molecular weight excluding hydrogens is 352 g/mol. The van der Waals surface area contributed by atoms with Crippen LogP contribution in [0.3, 0.4) is 0 Å². The van der Waals surface area contributed by atoms with Gasteiger partial charge in [-0.15, -0.1) is 0 Å². The number of carbonyl (C=O) groups is 2. The number of ketones is 1. The lowest BCUT2D eigenvalue weighted by molar-refractivity contribution is 0.0905. The first kappa shape index (κ1) is 21.4. The number of allylic oxidation sites excluding steroid dienone is 1. The average molecular weight is 380 g/mol. The van der Waals surface area contributed by atoms with Gasteiger partial charge in [0.15, 0.2) is 5.78 Å². The van der Waals surface area contributed by atoms with E-state index in [1.165, 1.54) is 6.08 Å². The van der Waals surface area contributed by atoms with E-state index in [1.54, 1.807) is 24.3 Å². The van der Waals surface area contributed by atoms with E-state index in [2.05, 4.69) is 5.32 Å². The highest BCUT2D eigenvalue weighted by Crippen LogP contribution is 2.24. The molecule has 2 aromatic rings. The minimum Gasteiger partial charge on any atom is -0.383 e. The fourth-order valence-electron chi connectivity index (χ4n) is 2.73. The molecule has 0 heterocycles. The molecule has 0 radical (unpaired) electrons. The summed E-state index contributed by atoms with van der Waals surface area (Å²) in [4.78, 5) is 27.1. The van der Waals surface area contributed by atoms with Crippen LogP contribution in [0.5, 0.6) is 0 Å². The van der Waals surface area contributed by atoms with Crippen molar-refractivity contribution >= 4 is 11.7 Å². The number of aryl methyl sites for hydroxylation is 1. The summed E-state index contributed by atoms with van der Waals surface area (Å²) in [7, 11) is 5.29. The number of rotatable bonds is 8. The molecule has 148 valence electrons. The molecule has 0 saturated heterocycles. The maximum Gasteiger partial charge on any atom is 0.251 e. The molecule has 0 saturated carbocycles. The third kappa shape index (κ3) is 6.06. The van der Waals surface area contributed by atoms with E-state index in [4.69, 9.17) is 4.74 Å². The molecule has 0 aliphatic rings. The number of benzene rings is 2. The van der Waals surface area contributed by atoms with Gasteiger partial charge < -0.3 is 15.0 Å². The Labute approximate surface area is 167 Å². The molecule has 2 aromatic carbocycles. The highest BCUT2D eigenvalue weighted by Gasteiger charge is 2.15. The fraction of sp³-hybridized carbons (Fsp3) is 0.304. The van der Waals surface area contributed by atoms with Crippen LogP contribution in [-0.4, -0.2) is 50.4 Å². The third-order valence-electron chi connectivity index (χ3n) is 4.18. The van der Waals surface area contributed by atoms with Crippen molar-refractivity contribution < 1.29 is 14.3 Å². The van der Waals surface area contributed by atoms with Gasteiger partial charge in [-0.05, 0) is 43.2 Å². The predicted molar refractivity (Wildman–Crippen MR) is 113 cm³/mol. The molecule has 5 heteroatoms. The minimum atomic E-state index is -0.232. The normalized spacial score (nSPS) is 12.0. The van der Waals surface area contributed by atoms with E-state index in [1.807, 2.05) is 64.3 Å². The van der Waals surface area contributed by atoms with E-state index in [0.29, 0.717) is 17.7 Å². The number of methoxy groups -OCH3 is 1. The van der Waals surface area contributed by atoms with E-state index in [-0.39, 0.29) is 17.7 Å². The van der Waals surface area contributed by atoms with Crippen LogP contribution in [0.15, 0.2) is 54.7 Å². The Kier molecular flexibility index (Phi) is 7.52. The molecule has 0 spiro atoms. The monoisotopic (exact) mass is 380 g/mol. The second-order valence-corrected chi connectivity index (χ2v) is 7.14. The van der Waals surface area contributed by atoms with Gasteiger partial charge in [0, 0.05) is 50.6 Å². The summed E-state index contributed by atoms with van der Waals surface area (Å²) in [5.41, 5.74) is 3.85. The van der Waals surface area contributed by atoms with Gasteiger partial charge >= 0.3 is 0 Å². The van der Waals surface area contributed by atoms with Crippen molar-refractivity contribution in [2.24, 2.45) is 0 Å². The van der Waals surface area contributed by atoms with Gasteiger partial charge in [0.05, 0.1) is 6.61 Å². The molecule has 5 nitrogen and oxygen atoms in total. The molecule has 1 amide bonds. The summed E-state index contributed by atoms with van der Waals surface area (Å²) >= 11 is 0. The van der Waals surface area contributed by atoms with E-state index >= 15 is 0 Å². The van der Waals surface area contributed by atoms with Gasteiger partial charge in [0.25, 0.3) is 5.91 Å². The van der Waals surface area contributed by atoms with Gasteiger partial charge in [0.1, 0.15) is 0 Å². The molecule has 28 heavy (non-hydrogen) atoms. The zero-order valence-corrected chi connectivity index (χ0v) is 17.2. The van der Waals surface area contributed by atoms with Crippen LogP contribution in [0.2, 0.25) is 0 Å². The Morgan fingerprint density at radius 2 is 1.71 bits per heavy atom. The summed E-state index contributed by atoms with van der Waals surface area (Å²) in [6, 6.07) is 13.1. The number of nitrogens with zero attached hydrogens (tertiary/aromatic N) is 1. The summed E-state index contributed by atoms with van der Waals surface area (Å²) in [5.74, 6) is -0.384. The Morgan fingerprint density at radius 3 is 2.32 bits per heavy atom. The van der Waals surface area contributed by atoms with Crippen LogP contribution >= 0.6 is 0 Å². The van der Waals surface area contributed by atoms with Crippen LogP contribution in [0.1, 0.15) is 33.2 Å². The molecule has 0 aliphatic carbocycles. The molecule has 0 bridgehead atoms. The summed E-state index contributed by atoms with van der Waals surface area (Å²) in [5, 5.41) is 2.90. The van der Waals surface area contributed by atoms with Crippen LogP contribution in [0, 0.1) is 6.92 Å². The Morgan fingerprint density at radius 1 is 1.07 bits per heavy atom. The summed E-state index contributed by atoms with van der Waals surface area (Å²) < 4.78 is 5.08. The van der Waals surface area contributed by atoms with Crippen molar-refractivity contribution in [1.82, 2.24) is 10.2 Å². The average Bonchev–Trinajstić information content (AvgIpc) is 2.66. The summed E-state index contributed by atoms with van der Waals surface area (Å²) in [6.45, 7) is 4.31. The molecular formula is C23H28N2O3. The first-order valence-electron chi connectivity index (χ1n) is 9.21. The standard InChI is InChI=1S/C23H28N2O3/c1-16-6-8-18(9-7-16)19-12-20(22(26)10-11-25(3)4)14-21(13-19)23(27)24-17(2)15-28-5/h6-14,17H,15H2,1-5H3,(H,24,27). The second kappa shape index (κ2) is 9.85. The topological polar surface area (TPSA) is 58.6 Å². The number of ether oxygens (including phenoxy) is 1. The van der Waals surface area contributed by atoms with Crippen LogP contribution in [-0.2, 0) is 4.74 Å². The molecule has 1 atom stereocenters. The van der Waals surface area contributed by atoms with Gasteiger partial charge in [-0.2, -0.15) is 0 Å². The van der Waals surface area contributed by atoms with Crippen molar-refractivity contribution in [2.45, 2.75) is 19.9 Å². The fourth-order valence-corrected chi connectivity index (χ4v) is 2.73. The number of carbonyl (C=O) groups excluding carboxylic acids is 2. The van der Waals surface area contributed by atoms with E-state index < -0.39 is 0 Å². The first-order chi connectivity index (χ1) is 13.3.